The zero-order valence-electron chi connectivity index (χ0n) is 16.6. The third-order valence-electron chi connectivity index (χ3n) is 6.10. The lowest BCUT2D eigenvalue weighted by molar-refractivity contribution is 0.0767. The van der Waals surface area contributed by atoms with Gasteiger partial charge in [0.1, 0.15) is 0 Å². The Morgan fingerprint density at radius 3 is 2.90 bits per heavy atom. The highest BCUT2D eigenvalue weighted by Crippen LogP contribution is 2.24. The number of hydrogen-bond donors (Lipinski definition) is 1. The van der Waals surface area contributed by atoms with Crippen LogP contribution >= 0.6 is 0 Å². The Labute approximate surface area is 169 Å². The molecule has 8 nitrogen and oxygen atoms in total. The normalized spacial score (nSPS) is 20.4. The van der Waals surface area contributed by atoms with E-state index in [0.717, 1.165) is 67.8 Å². The molecule has 2 aromatic heterocycles. The largest absolute Gasteiger partial charge is 0.336 e. The first-order valence-electron chi connectivity index (χ1n) is 10.2. The monoisotopic (exact) mass is 391 g/mol. The third-order valence-corrected chi connectivity index (χ3v) is 6.10. The van der Waals surface area contributed by atoms with E-state index >= 15 is 0 Å². The van der Waals surface area contributed by atoms with Crippen LogP contribution in [0.4, 0.5) is 0 Å². The fourth-order valence-corrected chi connectivity index (χ4v) is 4.47. The van der Waals surface area contributed by atoms with Crippen molar-refractivity contribution in [3.8, 4) is 5.69 Å². The first-order valence-corrected chi connectivity index (χ1v) is 10.2. The highest BCUT2D eigenvalue weighted by Gasteiger charge is 2.33. The molecule has 0 aliphatic carbocycles. The van der Waals surface area contributed by atoms with E-state index in [-0.39, 0.29) is 5.91 Å². The Hall–Kier alpha value is -2.84. The summed E-state index contributed by atoms with van der Waals surface area (Å²) in [7, 11) is 0. The Bertz CT molecular complexity index is 1040. The van der Waals surface area contributed by atoms with Crippen LogP contribution in [0.5, 0.6) is 0 Å². The lowest BCUT2D eigenvalue weighted by Gasteiger charge is -2.32. The van der Waals surface area contributed by atoms with E-state index in [1.807, 2.05) is 42.3 Å². The zero-order valence-corrected chi connectivity index (χ0v) is 16.6. The summed E-state index contributed by atoms with van der Waals surface area (Å²) in [6.07, 6.45) is 4.62. The molecule has 5 rings (SSSR count). The molecule has 0 saturated carbocycles. The van der Waals surface area contributed by atoms with E-state index in [2.05, 4.69) is 25.5 Å². The summed E-state index contributed by atoms with van der Waals surface area (Å²) in [6, 6.07) is 8.40. The van der Waals surface area contributed by atoms with Gasteiger partial charge < -0.3 is 10.2 Å². The fraction of sp³-hybridized carbons (Fsp3) is 0.429. The summed E-state index contributed by atoms with van der Waals surface area (Å²) in [5.74, 6) is -0.0201. The number of hydrogen-bond acceptors (Lipinski definition) is 6. The minimum absolute atomic E-state index is 0.0201. The van der Waals surface area contributed by atoms with Crippen molar-refractivity contribution in [1.29, 1.82) is 0 Å². The third kappa shape index (κ3) is 3.28. The maximum Gasteiger partial charge on any atom is 0.276 e. The van der Waals surface area contributed by atoms with Crippen molar-refractivity contribution in [2.45, 2.75) is 19.4 Å². The van der Waals surface area contributed by atoms with Gasteiger partial charge in [0.25, 0.3) is 5.91 Å². The molecule has 1 aromatic carbocycles. The SMILES string of the molecule is Cc1c(C(=O)N2CCC(N3CCNCC3)C2)nnn1-c1cccc2cnccc12. The van der Waals surface area contributed by atoms with Gasteiger partial charge in [0.2, 0.25) is 0 Å². The van der Waals surface area contributed by atoms with E-state index < -0.39 is 0 Å². The molecule has 1 N–H and O–H groups in total. The highest BCUT2D eigenvalue weighted by molar-refractivity contribution is 5.94. The van der Waals surface area contributed by atoms with Crippen LogP contribution in [0, 0.1) is 6.92 Å². The van der Waals surface area contributed by atoms with Crippen LogP contribution in [0.3, 0.4) is 0 Å². The lowest BCUT2D eigenvalue weighted by atomic mass is 10.1. The van der Waals surface area contributed by atoms with E-state index in [4.69, 9.17) is 0 Å². The number of nitrogens with zero attached hydrogens (tertiary/aromatic N) is 6. The predicted octanol–water partition coefficient (Wildman–Crippen LogP) is 1.24. The van der Waals surface area contributed by atoms with Crippen LogP contribution in [0.15, 0.2) is 36.7 Å². The van der Waals surface area contributed by atoms with Gasteiger partial charge in [-0.3, -0.25) is 14.7 Å². The van der Waals surface area contributed by atoms with Crippen molar-refractivity contribution >= 4 is 16.7 Å². The van der Waals surface area contributed by atoms with Crippen LogP contribution in [0.2, 0.25) is 0 Å². The van der Waals surface area contributed by atoms with Crippen LogP contribution in [-0.4, -0.2) is 81.0 Å². The molecule has 0 radical (unpaired) electrons. The highest BCUT2D eigenvalue weighted by atomic mass is 16.2. The van der Waals surface area contributed by atoms with Gasteiger partial charge in [0.15, 0.2) is 5.69 Å². The zero-order chi connectivity index (χ0) is 19.8. The van der Waals surface area contributed by atoms with Gasteiger partial charge in [0, 0.05) is 68.5 Å². The number of benzene rings is 1. The number of fused-ring (bicyclic) bond motifs is 1. The number of piperazine rings is 1. The van der Waals surface area contributed by atoms with Crippen LogP contribution < -0.4 is 5.32 Å². The van der Waals surface area contributed by atoms with Crippen molar-refractivity contribution < 1.29 is 4.79 Å². The molecule has 2 aliphatic rings. The molecular weight excluding hydrogens is 366 g/mol. The van der Waals surface area contributed by atoms with Gasteiger partial charge in [-0.2, -0.15) is 0 Å². The van der Waals surface area contributed by atoms with Crippen molar-refractivity contribution in [3.63, 3.8) is 0 Å². The summed E-state index contributed by atoms with van der Waals surface area (Å²) in [5.41, 5.74) is 2.12. The molecular formula is C21H25N7O. The lowest BCUT2D eigenvalue weighted by Crippen LogP contribution is -2.49. The molecule has 2 aliphatic heterocycles. The summed E-state index contributed by atoms with van der Waals surface area (Å²) < 4.78 is 1.76. The molecule has 29 heavy (non-hydrogen) atoms. The molecule has 1 amide bonds. The molecule has 2 saturated heterocycles. The summed E-state index contributed by atoms with van der Waals surface area (Å²) in [5, 5.41) is 14.0. The molecule has 0 spiro atoms. The van der Waals surface area contributed by atoms with E-state index in [1.165, 1.54) is 0 Å². The Kier molecular flexibility index (Phi) is 4.73. The van der Waals surface area contributed by atoms with Gasteiger partial charge in [0.05, 0.1) is 11.4 Å². The van der Waals surface area contributed by atoms with E-state index in [9.17, 15) is 4.79 Å². The van der Waals surface area contributed by atoms with E-state index in [0.29, 0.717) is 11.7 Å². The number of amides is 1. The number of carbonyl (C=O) groups is 1. The molecule has 1 unspecified atom stereocenters. The number of pyridine rings is 1. The molecule has 2 fully saturated rings. The molecule has 150 valence electrons. The van der Waals surface area contributed by atoms with Gasteiger partial charge in [-0.1, -0.05) is 17.3 Å². The minimum atomic E-state index is -0.0201. The second-order valence-corrected chi connectivity index (χ2v) is 7.79. The average molecular weight is 391 g/mol. The quantitative estimate of drug-likeness (QED) is 0.724. The van der Waals surface area contributed by atoms with Crippen LogP contribution in [-0.2, 0) is 0 Å². The molecule has 8 heteroatoms. The maximum absolute atomic E-state index is 13.2. The van der Waals surface area contributed by atoms with Gasteiger partial charge in [-0.25, -0.2) is 4.68 Å². The Balaban J connectivity index is 1.39. The minimum Gasteiger partial charge on any atom is -0.336 e. The first kappa shape index (κ1) is 18.2. The number of carbonyl (C=O) groups excluding carboxylic acids is 1. The number of rotatable bonds is 3. The number of likely N-dealkylation sites (tertiary alicyclic amines) is 1. The summed E-state index contributed by atoms with van der Waals surface area (Å²) >= 11 is 0. The standard InChI is InChI=1S/C21H25N7O/c1-15-20(21(29)27-10-6-17(14-27)26-11-8-22-9-12-26)24-25-28(15)19-4-2-3-16-13-23-7-5-18(16)19/h2-5,7,13,17,22H,6,8-12,14H2,1H3. The van der Waals surface area contributed by atoms with Gasteiger partial charge in [-0.15, -0.1) is 5.10 Å². The predicted molar refractivity (Wildman–Crippen MR) is 110 cm³/mol. The molecule has 4 heterocycles. The summed E-state index contributed by atoms with van der Waals surface area (Å²) in [4.78, 5) is 21.8. The number of nitrogens with one attached hydrogen (secondary N) is 1. The fourth-order valence-electron chi connectivity index (χ4n) is 4.47. The molecule has 1 atom stereocenters. The van der Waals surface area contributed by atoms with Crippen molar-refractivity contribution in [3.05, 3.63) is 48.0 Å². The van der Waals surface area contributed by atoms with Crippen molar-refractivity contribution in [2.75, 3.05) is 39.3 Å². The first-order chi connectivity index (χ1) is 14.2. The van der Waals surface area contributed by atoms with Crippen molar-refractivity contribution in [2.24, 2.45) is 0 Å². The second-order valence-electron chi connectivity index (χ2n) is 7.79. The smallest absolute Gasteiger partial charge is 0.276 e. The van der Waals surface area contributed by atoms with Crippen molar-refractivity contribution in [1.82, 2.24) is 35.1 Å². The topological polar surface area (TPSA) is 79.2 Å². The maximum atomic E-state index is 13.2. The Morgan fingerprint density at radius 2 is 2.03 bits per heavy atom. The number of aromatic nitrogens is 4. The molecule has 0 bridgehead atoms. The second kappa shape index (κ2) is 7.53. The average Bonchev–Trinajstić information content (AvgIpc) is 3.41. The Morgan fingerprint density at radius 1 is 1.17 bits per heavy atom. The summed E-state index contributed by atoms with van der Waals surface area (Å²) in [6.45, 7) is 7.62. The van der Waals surface area contributed by atoms with E-state index in [1.54, 1.807) is 10.9 Å². The van der Waals surface area contributed by atoms with Gasteiger partial charge in [-0.05, 0) is 25.5 Å². The van der Waals surface area contributed by atoms with Gasteiger partial charge >= 0.3 is 0 Å². The van der Waals surface area contributed by atoms with Crippen LogP contribution in [0.25, 0.3) is 16.5 Å². The van der Waals surface area contributed by atoms with Crippen LogP contribution in [0.1, 0.15) is 22.6 Å². The molecule has 3 aromatic rings.